The number of rotatable bonds is 6. The van der Waals surface area contributed by atoms with E-state index >= 15 is 0 Å². The molecule has 7 heteroatoms. The monoisotopic (exact) mass is 446 g/mol. The van der Waals surface area contributed by atoms with E-state index < -0.39 is 6.10 Å². The molecule has 0 radical (unpaired) electrons. The number of anilines is 1. The Balaban J connectivity index is 1.57. The summed E-state index contributed by atoms with van der Waals surface area (Å²) in [5.41, 5.74) is 2.88. The number of benzene rings is 3. The van der Waals surface area contributed by atoms with Crippen LogP contribution in [0.15, 0.2) is 66.7 Å². The first-order valence-electron chi connectivity index (χ1n) is 10.6. The third-order valence-electron chi connectivity index (χ3n) is 5.47. The zero-order valence-corrected chi connectivity index (χ0v) is 18.8. The van der Waals surface area contributed by atoms with Crippen LogP contribution in [0.25, 0.3) is 0 Å². The summed E-state index contributed by atoms with van der Waals surface area (Å²) in [4.78, 5) is 27.5. The number of ether oxygens (including phenoxy) is 3. The van der Waals surface area contributed by atoms with E-state index in [2.05, 4.69) is 5.32 Å². The van der Waals surface area contributed by atoms with E-state index in [-0.39, 0.29) is 11.8 Å². The molecule has 0 fully saturated rings. The Morgan fingerprint density at radius 3 is 2.39 bits per heavy atom. The molecule has 1 aliphatic rings. The van der Waals surface area contributed by atoms with E-state index in [0.29, 0.717) is 41.6 Å². The standard InChI is InChI=1S/C26H26N2O5/c1-17-26(30)28(15-18-7-5-4-6-8-18)16-20-11-21(9-10-24(20)33-17)27-25(29)19-12-22(31-2)14-23(13-19)32-3/h4-14,17H,15-16H2,1-3H3,(H,27,29)/t17-/m1/s1. The fourth-order valence-corrected chi connectivity index (χ4v) is 3.76. The van der Waals surface area contributed by atoms with Crippen LogP contribution in [-0.2, 0) is 17.9 Å². The van der Waals surface area contributed by atoms with Crippen LogP contribution in [0.5, 0.6) is 17.2 Å². The lowest BCUT2D eigenvalue weighted by Gasteiger charge is -2.22. The molecular formula is C26H26N2O5. The molecule has 0 aliphatic carbocycles. The van der Waals surface area contributed by atoms with E-state index in [1.54, 1.807) is 42.2 Å². The second-order valence-electron chi connectivity index (χ2n) is 7.82. The van der Waals surface area contributed by atoms with Crippen molar-refractivity contribution in [3.8, 4) is 17.2 Å². The third kappa shape index (κ3) is 5.09. The Kier molecular flexibility index (Phi) is 6.49. The van der Waals surface area contributed by atoms with Gasteiger partial charge in [-0.2, -0.15) is 0 Å². The van der Waals surface area contributed by atoms with E-state index in [9.17, 15) is 9.59 Å². The topological polar surface area (TPSA) is 77.1 Å². The van der Waals surface area contributed by atoms with E-state index in [4.69, 9.17) is 14.2 Å². The van der Waals surface area contributed by atoms with Crippen LogP contribution in [0.2, 0.25) is 0 Å². The summed E-state index contributed by atoms with van der Waals surface area (Å²) in [6.07, 6.45) is -0.598. The number of nitrogens with one attached hydrogen (secondary N) is 1. The molecule has 0 unspecified atom stereocenters. The number of nitrogens with zero attached hydrogens (tertiary/aromatic N) is 1. The van der Waals surface area contributed by atoms with Gasteiger partial charge in [-0.15, -0.1) is 0 Å². The zero-order chi connectivity index (χ0) is 23.4. The summed E-state index contributed by atoms with van der Waals surface area (Å²) < 4.78 is 16.4. The molecular weight excluding hydrogens is 420 g/mol. The lowest BCUT2D eigenvalue weighted by atomic mass is 10.1. The summed E-state index contributed by atoms with van der Waals surface area (Å²) in [5.74, 6) is 1.31. The van der Waals surface area contributed by atoms with Crippen LogP contribution in [-0.4, -0.2) is 37.0 Å². The Morgan fingerprint density at radius 1 is 1.03 bits per heavy atom. The maximum atomic E-state index is 12.9. The molecule has 7 nitrogen and oxygen atoms in total. The van der Waals surface area contributed by atoms with Gasteiger partial charge in [0.2, 0.25) is 0 Å². The molecule has 0 saturated heterocycles. The average Bonchev–Trinajstić information content (AvgIpc) is 2.95. The number of hydrogen-bond acceptors (Lipinski definition) is 5. The molecule has 4 rings (SSSR count). The van der Waals surface area contributed by atoms with Gasteiger partial charge in [0, 0.05) is 36.0 Å². The first kappa shape index (κ1) is 22.2. The molecule has 0 bridgehead atoms. The largest absolute Gasteiger partial charge is 0.497 e. The van der Waals surface area contributed by atoms with Crippen molar-refractivity contribution >= 4 is 17.5 Å². The molecule has 170 valence electrons. The van der Waals surface area contributed by atoms with Gasteiger partial charge in [-0.1, -0.05) is 30.3 Å². The van der Waals surface area contributed by atoms with Crippen molar-refractivity contribution in [1.29, 1.82) is 0 Å². The van der Waals surface area contributed by atoms with Crippen molar-refractivity contribution in [2.45, 2.75) is 26.1 Å². The Morgan fingerprint density at radius 2 is 1.73 bits per heavy atom. The number of hydrogen-bond donors (Lipinski definition) is 1. The number of amides is 2. The number of carbonyl (C=O) groups excluding carboxylic acids is 2. The predicted molar refractivity (Wildman–Crippen MR) is 125 cm³/mol. The highest BCUT2D eigenvalue weighted by Crippen LogP contribution is 2.30. The van der Waals surface area contributed by atoms with Crippen molar-refractivity contribution in [2.75, 3.05) is 19.5 Å². The van der Waals surface area contributed by atoms with Gasteiger partial charge in [-0.25, -0.2) is 0 Å². The van der Waals surface area contributed by atoms with Crippen LogP contribution >= 0.6 is 0 Å². The second-order valence-corrected chi connectivity index (χ2v) is 7.82. The Labute approximate surface area is 192 Å². The summed E-state index contributed by atoms with van der Waals surface area (Å²) in [7, 11) is 3.07. The fraction of sp³-hybridized carbons (Fsp3) is 0.231. The van der Waals surface area contributed by atoms with Gasteiger partial charge in [0.25, 0.3) is 11.8 Å². The second kappa shape index (κ2) is 9.65. The minimum Gasteiger partial charge on any atom is -0.497 e. The number of methoxy groups -OCH3 is 2. The Hall–Kier alpha value is -4.00. The Bertz CT molecular complexity index is 1140. The molecule has 1 atom stereocenters. The lowest BCUT2D eigenvalue weighted by Crippen LogP contribution is -2.37. The molecule has 0 spiro atoms. The van der Waals surface area contributed by atoms with Crippen molar-refractivity contribution in [3.63, 3.8) is 0 Å². The molecule has 1 N–H and O–H groups in total. The first-order chi connectivity index (χ1) is 16.0. The van der Waals surface area contributed by atoms with Crippen LogP contribution in [0.3, 0.4) is 0 Å². The van der Waals surface area contributed by atoms with Crippen molar-refractivity contribution in [2.24, 2.45) is 0 Å². The summed E-state index contributed by atoms with van der Waals surface area (Å²) in [6.45, 7) is 2.61. The van der Waals surface area contributed by atoms with Crippen molar-refractivity contribution in [3.05, 3.63) is 83.4 Å². The normalized spacial score (nSPS) is 15.2. The predicted octanol–water partition coefficient (Wildman–Crippen LogP) is 4.27. The summed E-state index contributed by atoms with van der Waals surface area (Å²) >= 11 is 0. The molecule has 3 aromatic carbocycles. The van der Waals surface area contributed by atoms with Gasteiger partial charge in [0.05, 0.1) is 14.2 Å². The van der Waals surface area contributed by atoms with Gasteiger partial charge in [-0.3, -0.25) is 9.59 Å². The highest BCUT2D eigenvalue weighted by atomic mass is 16.5. The van der Waals surface area contributed by atoms with Gasteiger partial charge in [0.15, 0.2) is 6.10 Å². The maximum Gasteiger partial charge on any atom is 0.263 e. The number of fused-ring (bicyclic) bond motifs is 1. The van der Waals surface area contributed by atoms with Crippen molar-refractivity contribution in [1.82, 2.24) is 4.90 Å². The first-order valence-corrected chi connectivity index (χ1v) is 10.6. The van der Waals surface area contributed by atoms with Crippen LogP contribution < -0.4 is 19.5 Å². The molecule has 0 aromatic heterocycles. The molecule has 33 heavy (non-hydrogen) atoms. The molecule has 1 heterocycles. The van der Waals surface area contributed by atoms with Gasteiger partial charge < -0.3 is 24.4 Å². The van der Waals surface area contributed by atoms with E-state index in [1.165, 1.54) is 14.2 Å². The summed E-state index contributed by atoms with van der Waals surface area (Å²) in [6, 6.07) is 20.2. The highest BCUT2D eigenvalue weighted by molar-refractivity contribution is 6.05. The fourth-order valence-electron chi connectivity index (χ4n) is 3.76. The van der Waals surface area contributed by atoms with E-state index in [0.717, 1.165) is 11.1 Å². The third-order valence-corrected chi connectivity index (χ3v) is 5.47. The molecule has 1 aliphatic heterocycles. The van der Waals surface area contributed by atoms with Gasteiger partial charge in [0.1, 0.15) is 17.2 Å². The SMILES string of the molecule is COc1cc(OC)cc(C(=O)Nc2ccc3c(c2)CN(Cc2ccccc2)C(=O)[C@@H](C)O3)c1. The van der Waals surface area contributed by atoms with E-state index in [1.807, 2.05) is 36.4 Å². The average molecular weight is 447 g/mol. The maximum absolute atomic E-state index is 12.9. The number of carbonyl (C=O) groups is 2. The summed E-state index contributed by atoms with van der Waals surface area (Å²) in [5, 5.41) is 2.91. The van der Waals surface area contributed by atoms with Gasteiger partial charge >= 0.3 is 0 Å². The lowest BCUT2D eigenvalue weighted by molar-refractivity contribution is -0.138. The zero-order valence-electron chi connectivity index (χ0n) is 18.8. The quantitative estimate of drug-likeness (QED) is 0.612. The van der Waals surface area contributed by atoms with Gasteiger partial charge in [-0.05, 0) is 42.8 Å². The van der Waals surface area contributed by atoms with Crippen LogP contribution in [0.1, 0.15) is 28.4 Å². The van der Waals surface area contributed by atoms with Crippen LogP contribution in [0.4, 0.5) is 5.69 Å². The van der Waals surface area contributed by atoms with Crippen LogP contribution in [0, 0.1) is 0 Å². The molecule has 3 aromatic rings. The highest BCUT2D eigenvalue weighted by Gasteiger charge is 2.28. The smallest absolute Gasteiger partial charge is 0.263 e. The molecule has 2 amide bonds. The molecule has 0 saturated carbocycles. The minimum absolute atomic E-state index is 0.0795. The van der Waals surface area contributed by atoms with Crippen molar-refractivity contribution < 1.29 is 23.8 Å². The minimum atomic E-state index is -0.598.